The van der Waals surface area contributed by atoms with Gasteiger partial charge in [0.1, 0.15) is 0 Å². The molecular formula is C16H19N3O2. The second kappa shape index (κ2) is 5.69. The summed E-state index contributed by atoms with van der Waals surface area (Å²) in [5.74, 6) is -0.0661. The van der Waals surface area contributed by atoms with E-state index in [-0.39, 0.29) is 23.6 Å². The zero-order valence-electron chi connectivity index (χ0n) is 11.8. The number of carbonyl (C=O) groups excluding carboxylic acids is 1. The van der Waals surface area contributed by atoms with Crippen molar-refractivity contribution in [2.24, 2.45) is 5.73 Å². The summed E-state index contributed by atoms with van der Waals surface area (Å²) in [5, 5.41) is 3.92. The average molecular weight is 285 g/mol. The molecule has 1 aliphatic rings. The van der Waals surface area contributed by atoms with Crippen LogP contribution in [0.25, 0.3) is 10.9 Å². The first-order chi connectivity index (χ1) is 10.1. The number of aromatic nitrogens is 1. The number of H-pyrrole nitrogens is 1. The van der Waals surface area contributed by atoms with Gasteiger partial charge >= 0.3 is 0 Å². The third-order valence-electron chi connectivity index (χ3n) is 4.09. The lowest BCUT2D eigenvalue weighted by Gasteiger charge is -2.26. The van der Waals surface area contributed by atoms with Crippen LogP contribution in [-0.4, -0.2) is 23.0 Å². The molecule has 21 heavy (non-hydrogen) atoms. The van der Waals surface area contributed by atoms with E-state index < -0.39 is 0 Å². The van der Waals surface area contributed by atoms with Crippen molar-refractivity contribution in [1.29, 1.82) is 0 Å². The zero-order chi connectivity index (χ0) is 14.8. The highest BCUT2D eigenvalue weighted by atomic mass is 16.1. The van der Waals surface area contributed by atoms with Gasteiger partial charge in [-0.2, -0.15) is 0 Å². The van der Waals surface area contributed by atoms with Crippen molar-refractivity contribution in [2.45, 2.75) is 37.8 Å². The molecule has 0 atom stereocenters. The number of carbonyl (C=O) groups is 1. The Morgan fingerprint density at radius 2 is 1.90 bits per heavy atom. The first kappa shape index (κ1) is 13.8. The van der Waals surface area contributed by atoms with Gasteiger partial charge in [-0.1, -0.05) is 0 Å². The summed E-state index contributed by atoms with van der Waals surface area (Å²) in [6.45, 7) is 0. The van der Waals surface area contributed by atoms with E-state index in [1.807, 2.05) is 0 Å². The summed E-state index contributed by atoms with van der Waals surface area (Å²) >= 11 is 0. The van der Waals surface area contributed by atoms with E-state index in [4.69, 9.17) is 5.73 Å². The van der Waals surface area contributed by atoms with E-state index in [1.54, 1.807) is 24.3 Å². The van der Waals surface area contributed by atoms with Gasteiger partial charge in [0.2, 0.25) is 5.56 Å². The van der Waals surface area contributed by atoms with Gasteiger partial charge in [-0.05, 0) is 55.3 Å². The van der Waals surface area contributed by atoms with Crippen LogP contribution in [0.4, 0.5) is 0 Å². The minimum absolute atomic E-state index is 0.0661. The molecule has 1 aromatic carbocycles. The molecule has 0 bridgehead atoms. The Kier molecular flexibility index (Phi) is 3.75. The maximum atomic E-state index is 12.3. The van der Waals surface area contributed by atoms with Gasteiger partial charge in [0.15, 0.2) is 0 Å². The molecule has 0 saturated heterocycles. The molecule has 2 aromatic rings. The fourth-order valence-corrected chi connectivity index (χ4v) is 2.83. The number of hydrogen-bond acceptors (Lipinski definition) is 3. The fourth-order valence-electron chi connectivity index (χ4n) is 2.83. The molecule has 1 amide bonds. The molecule has 1 aliphatic carbocycles. The van der Waals surface area contributed by atoms with Crippen molar-refractivity contribution in [2.75, 3.05) is 0 Å². The Morgan fingerprint density at radius 3 is 2.67 bits per heavy atom. The lowest BCUT2D eigenvalue weighted by atomic mass is 9.91. The molecule has 0 radical (unpaired) electrons. The van der Waals surface area contributed by atoms with Crippen molar-refractivity contribution in [3.8, 4) is 0 Å². The Bertz CT molecular complexity index is 715. The summed E-state index contributed by atoms with van der Waals surface area (Å²) in [4.78, 5) is 26.3. The normalized spacial score (nSPS) is 22.1. The number of amides is 1. The third kappa shape index (κ3) is 3.13. The molecule has 1 fully saturated rings. The summed E-state index contributed by atoms with van der Waals surface area (Å²) in [6, 6.07) is 8.98. The van der Waals surface area contributed by atoms with E-state index in [0.717, 1.165) is 36.6 Å². The van der Waals surface area contributed by atoms with Crippen molar-refractivity contribution in [3.05, 3.63) is 46.2 Å². The number of fused-ring (bicyclic) bond motifs is 1. The topological polar surface area (TPSA) is 88.0 Å². The number of rotatable bonds is 2. The number of hydrogen-bond donors (Lipinski definition) is 3. The number of aromatic amines is 1. The van der Waals surface area contributed by atoms with Crippen LogP contribution in [0.2, 0.25) is 0 Å². The largest absolute Gasteiger partial charge is 0.349 e. The summed E-state index contributed by atoms with van der Waals surface area (Å²) in [5.41, 5.74) is 7.08. The van der Waals surface area contributed by atoms with Crippen LogP contribution >= 0.6 is 0 Å². The van der Waals surface area contributed by atoms with E-state index in [2.05, 4.69) is 10.3 Å². The summed E-state index contributed by atoms with van der Waals surface area (Å²) in [7, 11) is 0. The first-order valence-electron chi connectivity index (χ1n) is 7.31. The highest BCUT2D eigenvalue weighted by molar-refractivity contribution is 5.98. The maximum absolute atomic E-state index is 12.3. The average Bonchev–Trinajstić information content (AvgIpc) is 2.49. The standard InChI is InChI=1S/C16H19N3O2/c17-12-3-5-13(6-4-12)18-16(21)11-1-7-14-10(9-11)2-8-15(20)19-14/h1-2,7-9,12-13H,3-6,17H2,(H,18,21)(H,19,20). The second-order valence-electron chi connectivity index (χ2n) is 5.71. The Morgan fingerprint density at radius 1 is 1.14 bits per heavy atom. The van der Waals surface area contributed by atoms with Gasteiger partial charge in [-0.3, -0.25) is 9.59 Å². The first-order valence-corrected chi connectivity index (χ1v) is 7.31. The van der Waals surface area contributed by atoms with Crippen molar-refractivity contribution in [1.82, 2.24) is 10.3 Å². The van der Waals surface area contributed by atoms with E-state index in [0.29, 0.717) is 5.56 Å². The predicted octanol–water partition coefficient (Wildman–Crippen LogP) is 1.53. The lowest BCUT2D eigenvalue weighted by Crippen LogP contribution is -2.40. The molecule has 5 nitrogen and oxygen atoms in total. The number of benzene rings is 1. The SMILES string of the molecule is NC1CCC(NC(=O)c2ccc3[nH]c(=O)ccc3c2)CC1. The van der Waals surface area contributed by atoms with E-state index in [9.17, 15) is 9.59 Å². The maximum Gasteiger partial charge on any atom is 0.251 e. The molecule has 1 heterocycles. The molecule has 5 heteroatoms. The van der Waals surface area contributed by atoms with Crippen LogP contribution < -0.4 is 16.6 Å². The molecule has 4 N–H and O–H groups in total. The van der Waals surface area contributed by atoms with Crippen molar-refractivity contribution >= 4 is 16.8 Å². The van der Waals surface area contributed by atoms with Gasteiger partial charge in [0.05, 0.1) is 0 Å². The van der Waals surface area contributed by atoms with Crippen molar-refractivity contribution in [3.63, 3.8) is 0 Å². The smallest absolute Gasteiger partial charge is 0.251 e. The number of pyridine rings is 1. The Labute approximate surface area is 122 Å². The quantitative estimate of drug-likeness (QED) is 0.782. The van der Waals surface area contributed by atoms with Crippen LogP contribution in [-0.2, 0) is 0 Å². The molecule has 0 spiro atoms. The minimum atomic E-state index is -0.141. The van der Waals surface area contributed by atoms with E-state index in [1.165, 1.54) is 6.07 Å². The van der Waals surface area contributed by atoms with Crippen LogP contribution in [0.1, 0.15) is 36.0 Å². The monoisotopic (exact) mass is 285 g/mol. The van der Waals surface area contributed by atoms with Gasteiger partial charge < -0.3 is 16.0 Å². The van der Waals surface area contributed by atoms with Crippen LogP contribution in [0.15, 0.2) is 35.1 Å². The van der Waals surface area contributed by atoms with Gasteiger partial charge in [0, 0.05) is 29.2 Å². The second-order valence-corrected chi connectivity index (χ2v) is 5.71. The molecule has 1 saturated carbocycles. The predicted molar refractivity (Wildman–Crippen MR) is 82.3 cm³/mol. The molecular weight excluding hydrogens is 266 g/mol. The molecule has 110 valence electrons. The number of nitrogens with one attached hydrogen (secondary N) is 2. The molecule has 1 aromatic heterocycles. The lowest BCUT2D eigenvalue weighted by molar-refractivity contribution is 0.0926. The van der Waals surface area contributed by atoms with E-state index >= 15 is 0 Å². The fraction of sp³-hybridized carbons (Fsp3) is 0.375. The zero-order valence-corrected chi connectivity index (χ0v) is 11.8. The van der Waals surface area contributed by atoms with Gasteiger partial charge in [0.25, 0.3) is 5.91 Å². The number of nitrogens with two attached hydrogens (primary N) is 1. The summed E-state index contributed by atoms with van der Waals surface area (Å²) in [6.07, 6.45) is 3.80. The van der Waals surface area contributed by atoms with Crippen LogP contribution in [0, 0.1) is 0 Å². The Balaban J connectivity index is 1.75. The highest BCUT2D eigenvalue weighted by Gasteiger charge is 2.20. The van der Waals surface area contributed by atoms with Crippen molar-refractivity contribution < 1.29 is 4.79 Å². The molecule has 0 unspecified atom stereocenters. The van der Waals surface area contributed by atoms with Crippen LogP contribution in [0.5, 0.6) is 0 Å². The minimum Gasteiger partial charge on any atom is -0.349 e. The molecule has 3 rings (SSSR count). The Hall–Kier alpha value is -2.14. The summed E-state index contributed by atoms with van der Waals surface area (Å²) < 4.78 is 0. The van der Waals surface area contributed by atoms with Gasteiger partial charge in [-0.15, -0.1) is 0 Å². The van der Waals surface area contributed by atoms with Gasteiger partial charge in [-0.25, -0.2) is 0 Å². The highest BCUT2D eigenvalue weighted by Crippen LogP contribution is 2.18. The third-order valence-corrected chi connectivity index (χ3v) is 4.09. The molecule has 0 aliphatic heterocycles. The van der Waals surface area contributed by atoms with Crippen LogP contribution in [0.3, 0.4) is 0 Å².